The molecule has 0 heterocycles. The van der Waals surface area contributed by atoms with Crippen LogP contribution in [0.2, 0.25) is 10.0 Å². The molecular weight excluding hydrogens is 277 g/mol. The van der Waals surface area contributed by atoms with Crippen molar-refractivity contribution in [1.82, 2.24) is 0 Å². The molecule has 1 nitrogen and oxygen atoms in total. The van der Waals surface area contributed by atoms with Crippen molar-refractivity contribution in [3.8, 4) is 0 Å². The molecule has 0 spiro atoms. The summed E-state index contributed by atoms with van der Waals surface area (Å²) in [5.74, 6) is 0. The van der Waals surface area contributed by atoms with Gasteiger partial charge in [0.25, 0.3) is 0 Å². The van der Waals surface area contributed by atoms with Crippen LogP contribution in [0.25, 0.3) is 0 Å². The highest BCUT2D eigenvalue weighted by molar-refractivity contribution is 6.43. The van der Waals surface area contributed by atoms with Gasteiger partial charge in [0.2, 0.25) is 0 Å². The van der Waals surface area contributed by atoms with Crippen LogP contribution in [0, 0.1) is 13.8 Å². The number of halogens is 2. The summed E-state index contributed by atoms with van der Waals surface area (Å²) in [7, 11) is 0. The van der Waals surface area contributed by atoms with Crippen LogP contribution in [0.1, 0.15) is 29.7 Å². The van der Waals surface area contributed by atoms with Gasteiger partial charge in [0, 0.05) is 6.04 Å². The average Bonchev–Trinajstić information content (AvgIpc) is 2.33. The predicted octanol–water partition coefficient (Wildman–Crippen LogP) is 5.78. The molecular formula is C16H17Cl2N. The van der Waals surface area contributed by atoms with Gasteiger partial charge in [0.15, 0.2) is 0 Å². The van der Waals surface area contributed by atoms with E-state index in [4.69, 9.17) is 23.2 Å². The van der Waals surface area contributed by atoms with E-state index < -0.39 is 0 Å². The topological polar surface area (TPSA) is 12.0 Å². The Hall–Kier alpha value is -1.18. The Bertz CT molecular complexity index is 573. The molecule has 2 aromatic rings. The van der Waals surface area contributed by atoms with Crippen molar-refractivity contribution in [2.24, 2.45) is 0 Å². The number of benzene rings is 2. The Morgan fingerprint density at radius 1 is 1.00 bits per heavy atom. The standard InChI is InChI=1S/C16H17Cl2N/c1-10-7-11(2)9-13(8-10)12(3)19-15-6-4-5-14(17)16(15)18/h4-9,12,19H,1-3H3. The van der Waals surface area contributed by atoms with Crippen LogP contribution in [0.5, 0.6) is 0 Å². The first-order chi connectivity index (χ1) is 8.97. The van der Waals surface area contributed by atoms with E-state index in [2.05, 4.69) is 44.3 Å². The van der Waals surface area contributed by atoms with E-state index in [1.54, 1.807) is 6.07 Å². The monoisotopic (exact) mass is 293 g/mol. The first kappa shape index (κ1) is 14.2. The van der Waals surface area contributed by atoms with Crippen LogP contribution in [0.15, 0.2) is 36.4 Å². The van der Waals surface area contributed by atoms with E-state index in [-0.39, 0.29) is 6.04 Å². The second kappa shape index (κ2) is 5.85. The van der Waals surface area contributed by atoms with E-state index in [1.807, 2.05) is 12.1 Å². The Balaban J connectivity index is 2.25. The molecule has 3 heteroatoms. The zero-order chi connectivity index (χ0) is 14.0. The summed E-state index contributed by atoms with van der Waals surface area (Å²) in [5.41, 5.74) is 4.64. The lowest BCUT2D eigenvalue weighted by atomic mass is 10.0. The fourth-order valence-electron chi connectivity index (χ4n) is 2.19. The number of aryl methyl sites for hydroxylation is 2. The van der Waals surface area contributed by atoms with Crippen molar-refractivity contribution in [3.63, 3.8) is 0 Å². The molecule has 0 bridgehead atoms. The number of hydrogen-bond donors (Lipinski definition) is 1. The summed E-state index contributed by atoms with van der Waals surface area (Å²) in [4.78, 5) is 0. The van der Waals surface area contributed by atoms with Gasteiger partial charge < -0.3 is 5.32 Å². The van der Waals surface area contributed by atoms with Gasteiger partial charge in [-0.15, -0.1) is 0 Å². The molecule has 1 N–H and O–H groups in total. The van der Waals surface area contributed by atoms with Crippen LogP contribution in [0.3, 0.4) is 0 Å². The van der Waals surface area contributed by atoms with Gasteiger partial charge >= 0.3 is 0 Å². The number of hydrogen-bond acceptors (Lipinski definition) is 1. The summed E-state index contributed by atoms with van der Waals surface area (Å²) in [6.07, 6.45) is 0. The van der Waals surface area contributed by atoms with Crippen LogP contribution in [-0.2, 0) is 0 Å². The normalized spacial score (nSPS) is 12.3. The second-order valence-electron chi connectivity index (χ2n) is 4.89. The van der Waals surface area contributed by atoms with E-state index >= 15 is 0 Å². The third-order valence-corrected chi connectivity index (χ3v) is 3.89. The predicted molar refractivity (Wildman–Crippen MR) is 84.4 cm³/mol. The lowest BCUT2D eigenvalue weighted by molar-refractivity contribution is 0.881. The largest absolute Gasteiger partial charge is 0.377 e. The van der Waals surface area contributed by atoms with Gasteiger partial charge in [-0.25, -0.2) is 0 Å². The van der Waals surface area contributed by atoms with E-state index in [9.17, 15) is 0 Å². The highest BCUT2D eigenvalue weighted by Crippen LogP contribution is 2.32. The van der Waals surface area contributed by atoms with Crippen molar-refractivity contribution in [2.75, 3.05) is 5.32 Å². The minimum absolute atomic E-state index is 0.176. The summed E-state index contributed by atoms with van der Waals surface area (Å²) in [6, 6.07) is 12.3. The van der Waals surface area contributed by atoms with Gasteiger partial charge in [-0.3, -0.25) is 0 Å². The van der Waals surface area contributed by atoms with Crippen molar-refractivity contribution in [3.05, 3.63) is 63.1 Å². The minimum atomic E-state index is 0.176. The Morgan fingerprint density at radius 2 is 1.63 bits per heavy atom. The molecule has 0 amide bonds. The molecule has 2 rings (SSSR count). The maximum Gasteiger partial charge on any atom is 0.0823 e. The molecule has 2 aromatic carbocycles. The van der Waals surface area contributed by atoms with Gasteiger partial charge in [0.05, 0.1) is 15.7 Å². The number of rotatable bonds is 3. The van der Waals surface area contributed by atoms with Gasteiger partial charge in [0.1, 0.15) is 0 Å². The molecule has 0 aliphatic carbocycles. The van der Waals surface area contributed by atoms with Crippen molar-refractivity contribution < 1.29 is 0 Å². The lowest BCUT2D eigenvalue weighted by Crippen LogP contribution is -2.07. The highest BCUT2D eigenvalue weighted by Gasteiger charge is 2.10. The summed E-state index contributed by atoms with van der Waals surface area (Å²) in [5, 5.41) is 4.54. The van der Waals surface area contributed by atoms with Crippen LogP contribution in [0.4, 0.5) is 5.69 Å². The SMILES string of the molecule is Cc1cc(C)cc(C(C)Nc2cccc(Cl)c2Cl)c1. The number of nitrogens with one attached hydrogen (secondary N) is 1. The van der Waals surface area contributed by atoms with E-state index in [0.717, 1.165) is 5.69 Å². The first-order valence-electron chi connectivity index (χ1n) is 6.26. The zero-order valence-corrected chi connectivity index (χ0v) is 12.8. The molecule has 0 saturated heterocycles. The molecule has 0 radical (unpaired) electrons. The lowest BCUT2D eigenvalue weighted by Gasteiger charge is -2.18. The quantitative estimate of drug-likeness (QED) is 0.756. The molecule has 19 heavy (non-hydrogen) atoms. The van der Waals surface area contributed by atoms with Gasteiger partial charge in [-0.05, 0) is 38.5 Å². The Kier molecular flexibility index (Phi) is 4.38. The van der Waals surface area contributed by atoms with E-state index in [0.29, 0.717) is 10.0 Å². The highest BCUT2D eigenvalue weighted by atomic mass is 35.5. The summed E-state index contributed by atoms with van der Waals surface area (Å²) < 4.78 is 0. The third kappa shape index (κ3) is 3.43. The maximum atomic E-state index is 6.19. The van der Waals surface area contributed by atoms with E-state index in [1.165, 1.54) is 16.7 Å². The smallest absolute Gasteiger partial charge is 0.0823 e. The summed E-state index contributed by atoms with van der Waals surface area (Å²) in [6.45, 7) is 6.33. The fourth-order valence-corrected chi connectivity index (χ4v) is 2.55. The minimum Gasteiger partial charge on any atom is -0.377 e. The van der Waals surface area contributed by atoms with Crippen LogP contribution >= 0.6 is 23.2 Å². The molecule has 0 aliphatic heterocycles. The molecule has 0 aliphatic rings. The van der Waals surface area contributed by atoms with Crippen LogP contribution in [-0.4, -0.2) is 0 Å². The summed E-state index contributed by atoms with van der Waals surface area (Å²) >= 11 is 12.2. The maximum absolute atomic E-state index is 6.19. The van der Waals surface area contributed by atoms with Crippen LogP contribution < -0.4 is 5.32 Å². The average molecular weight is 294 g/mol. The molecule has 0 aromatic heterocycles. The number of anilines is 1. The van der Waals surface area contributed by atoms with Gasteiger partial charge in [-0.2, -0.15) is 0 Å². The molecule has 1 atom stereocenters. The molecule has 1 unspecified atom stereocenters. The molecule has 100 valence electrons. The van der Waals surface area contributed by atoms with Crippen molar-refractivity contribution in [1.29, 1.82) is 0 Å². The van der Waals surface area contributed by atoms with Crippen molar-refractivity contribution in [2.45, 2.75) is 26.8 Å². The first-order valence-corrected chi connectivity index (χ1v) is 7.01. The zero-order valence-electron chi connectivity index (χ0n) is 11.3. The second-order valence-corrected chi connectivity index (χ2v) is 5.67. The van der Waals surface area contributed by atoms with Crippen molar-refractivity contribution >= 4 is 28.9 Å². The third-order valence-electron chi connectivity index (χ3n) is 3.07. The Labute approximate surface area is 124 Å². The fraction of sp³-hybridized carbons (Fsp3) is 0.250. The molecule has 0 fully saturated rings. The van der Waals surface area contributed by atoms with Gasteiger partial charge in [-0.1, -0.05) is 58.6 Å². The molecule has 0 saturated carbocycles. The Morgan fingerprint density at radius 3 is 2.26 bits per heavy atom.